The van der Waals surface area contributed by atoms with E-state index in [1.807, 2.05) is 13.8 Å². The molecule has 1 atom stereocenters. The number of benzene rings is 1. The molecular formula is C22H35N3O5. The molecule has 8 heteroatoms. The van der Waals surface area contributed by atoms with Crippen molar-refractivity contribution in [2.75, 3.05) is 33.9 Å². The van der Waals surface area contributed by atoms with Gasteiger partial charge in [0.05, 0.1) is 33.3 Å². The van der Waals surface area contributed by atoms with E-state index in [0.717, 1.165) is 25.7 Å². The molecule has 30 heavy (non-hydrogen) atoms. The van der Waals surface area contributed by atoms with Crippen molar-refractivity contribution in [1.82, 2.24) is 10.6 Å². The number of guanidine groups is 1. The van der Waals surface area contributed by atoms with E-state index in [4.69, 9.17) is 14.2 Å². The van der Waals surface area contributed by atoms with Crippen LogP contribution in [-0.4, -0.2) is 57.0 Å². The Morgan fingerprint density at radius 2 is 1.93 bits per heavy atom. The molecule has 2 rings (SSSR count). The molecule has 1 aromatic rings. The van der Waals surface area contributed by atoms with Crippen molar-refractivity contribution in [3.05, 3.63) is 23.8 Å². The number of nitrogens with zero attached hydrogens (tertiary/aromatic N) is 1. The minimum absolute atomic E-state index is 0.00938. The van der Waals surface area contributed by atoms with Crippen molar-refractivity contribution in [2.45, 2.75) is 51.7 Å². The van der Waals surface area contributed by atoms with E-state index in [1.54, 1.807) is 32.4 Å². The third-order valence-electron chi connectivity index (χ3n) is 5.25. The number of rotatable bonds is 9. The molecular weight excluding hydrogens is 386 g/mol. The first-order valence-electron chi connectivity index (χ1n) is 10.6. The number of aliphatic hydroxyl groups excluding tert-OH is 1. The highest BCUT2D eigenvalue weighted by atomic mass is 16.5. The van der Waals surface area contributed by atoms with Gasteiger partial charge >= 0.3 is 5.97 Å². The average Bonchev–Trinajstić information content (AvgIpc) is 2.77. The van der Waals surface area contributed by atoms with Crippen molar-refractivity contribution in [3.8, 4) is 11.5 Å². The predicted molar refractivity (Wildman–Crippen MR) is 116 cm³/mol. The third-order valence-corrected chi connectivity index (χ3v) is 5.25. The van der Waals surface area contributed by atoms with Gasteiger partial charge in [-0.15, -0.1) is 0 Å². The van der Waals surface area contributed by atoms with Crippen LogP contribution in [0, 0.1) is 5.92 Å². The molecule has 1 aliphatic rings. The molecule has 1 aromatic carbocycles. The fourth-order valence-electron chi connectivity index (χ4n) is 3.62. The summed E-state index contributed by atoms with van der Waals surface area (Å²) in [5.41, 5.74) is 0.631. The standard InChI is InChI=1S/C22H35N3O5/c1-5-23-22(25-16-9-7-15(8-10-16)21(27)30-6-2)24-14-19(26)18-13-17(28-3)11-12-20(18)29-4/h11-13,15-16,19,26H,5-10,14H2,1-4H3,(H2,23,24,25). The van der Waals surface area contributed by atoms with Gasteiger partial charge in [-0.3, -0.25) is 9.79 Å². The highest BCUT2D eigenvalue weighted by Gasteiger charge is 2.27. The second kappa shape index (κ2) is 12.3. The number of methoxy groups -OCH3 is 2. The summed E-state index contributed by atoms with van der Waals surface area (Å²) >= 11 is 0. The first kappa shape index (κ1) is 23.8. The minimum Gasteiger partial charge on any atom is -0.497 e. The fourth-order valence-corrected chi connectivity index (χ4v) is 3.62. The summed E-state index contributed by atoms with van der Waals surface area (Å²) in [6.45, 7) is 5.14. The van der Waals surface area contributed by atoms with Crippen LogP contribution in [0.3, 0.4) is 0 Å². The van der Waals surface area contributed by atoms with Gasteiger partial charge in [-0.2, -0.15) is 0 Å². The van der Waals surface area contributed by atoms with Gasteiger partial charge in [0.25, 0.3) is 0 Å². The highest BCUT2D eigenvalue weighted by Crippen LogP contribution is 2.29. The monoisotopic (exact) mass is 421 g/mol. The third kappa shape index (κ3) is 6.79. The smallest absolute Gasteiger partial charge is 0.308 e. The Morgan fingerprint density at radius 3 is 2.53 bits per heavy atom. The van der Waals surface area contributed by atoms with Crippen molar-refractivity contribution >= 4 is 11.9 Å². The Kier molecular flexibility index (Phi) is 9.73. The second-order valence-electron chi connectivity index (χ2n) is 7.29. The molecule has 0 spiro atoms. The van der Waals surface area contributed by atoms with Gasteiger partial charge in [0.2, 0.25) is 0 Å². The van der Waals surface area contributed by atoms with E-state index < -0.39 is 6.10 Å². The Labute approximate surface area is 179 Å². The largest absolute Gasteiger partial charge is 0.497 e. The van der Waals surface area contributed by atoms with Crippen LogP contribution in [-0.2, 0) is 9.53 Å². The summed E-state index contributed by atoms with van der Waals surface area (Å²) in [6.07, 6.45) is 2.53. The van der Waals surface area contributed by atoms with Crippen LogP contribution in [0.15, 0.2) is 23.2 Å². The molecule has 0 aromatic heterocycles. The zero-order valence-corrected chi connectivity index (χ0v) is 18.4. The molecule has 0 heterocycles. The van der Waals surface area contributed by atoms with E-state index in [9.17, 15) is 9.90 Å². The maximum atomic E-state index is 11.9. The molecule has 8 nitrogen and oxygen atoms in total. The average molecular weight is 422 g/mol. The number of nitrogens with one attached hydrogen (secondary N) is 2. The number of carbonyl (C=O) groups is 1. The lowest BCUT2D eigenvalue weighted by Gasteiger charge is -2.29. The summed E-state index contributed by atoms with van der Waals surface area (Å²) in [4.78, 5) is 16.5. The quantitative estimate of drug-likeness (QED) is 0.320. The molecule has 0 aliphatic heterocycles. The van der Waals surface area contributed by atoms with E-state index in [-0.39, 0.29) is 24.5 Å². The first-order chi connectivity index (χ1) is 14.5. The lowest BCUT2D eigenvalue weighted by atomic mass is 9.86. The number of hydrogen-bond acceptors (Lipinski definition) is 6. The van der Waals surface area contributed by atoms with Crippen LogP contribution in [0.2, 0.25) is 0 Å². The summed E-state index contributed by atoms with van der Waals surface area (Å²) < 4.78 is 15.7. The SMILES string of the molecule is CCNC(=NCC(O)c1cc(OC)ccc1OC)NC1CCC(C(=O)OCC)CC1. The van der Waals surface area contributed by atoms with Crippen molar-refractivity contribution in [1.29, 1.82) is 0 Å². The second-order valence-corrected chi connectivity index (χ2v) is 7.29. The maximum Gasteiger partial charge on any atom is 0.308 e. The molecule has 1 unspecified atom stereocenters. The fraction of sp³-hybridized carbons (Fsp3) is 0.636. The molecule has 0 amide bonds. The molecule has 1 aliphatic carbocycles. The first-order valence-corrected chi connectivity index (χ1v) is 10.6. The minimum atomic E-state index is -0.829. The van der Waals surface area contributed by atoms with Crippen LogP contribution in [0.1, 0.15) is 51.2 Å². The lowest BCUT2D eigenvalue weighted by molar-refractivity contribution is -0.149. The number of ether oxygens (including phenoxy) is 3. The molecule has 0 saturated heterocycles. The number of hydrogen-bond donors (Lipinski definition) is 3. The van der Waals surface area contributed by atoms with Gasteiger partial charge < -0.3 is 30.0 Å². The Hall–Kier alpha value is -2.48. The van der Waals surface area contributed by atoms with E-state index in [2.05, 4.69) is 15.6 Å². The molecule has 3 N–H and O–H groups in total. The van der Waals surface area contributed by atoms with E-state index in [0.29, 0.717) is 36.2 Å². The van der Waals surface area contributed by atoms with Gasteiger partial charge in [0.1, 0.15) is 17.6 Å². The molecule has 0 radical (unpaired) electrons. The molecule has 1 saturated carbocycles. The topological polar surface area (TPSA) is 101 Å². The summed E-state index contributed by atoms with van der Waals surface area (Å²) in [5.74, 6) is 1.79. The molecule has 168 valence electrons. The van der Waals surface area contributed by atoms with Crippen molar-refractivity contribution in [3.63, 3.8) is 0 Å². The zero-order valence-electron chi connectivity index (χ0n) is 18.4. The van der Waals surface area contributed by atoms with Crippen LogP contribution in [0.5, 0.6) is 11.5 Å². The Bertz CT molecular complexity index is 702. The number of carbonyl (C=O) groups excluding carboxylic acids is 1. The molecule has 1 fully saturated rings. The van der Waals surface area contributed by atoms with Crippen LogP contribution in [0.25, 0.3) is 0 Å². The van der Waals surface area contributed by atoms with Gasteiger partial charge in [-0.1, -0.05) is 0 Å². The molecule has 0 bridgehead atoms. The zero-order chi connectivity index (χ0) is 21.9. The van der Waals surface area contributed by atoms with Crippen LogP contribution in [0.4, 0.5) is 0 Å². The summed E-state index contributed by atoms with van der Waals surface area (Å²) in [7, 11) is 3.15. The number of esters is 1. The van der Waals surface area contributed by atoms with Crippen molar-refractivity contribution < 1.29 is 24.1 Å². The maximum absolute atomic E-state index is 11.9. The number of aliphatic hydroxyl groups is 1. The van der Waals surface area contributed by atoms with Gasteiger partial charge in [0, 0.05) is 18.2 Å². The summed E-state index contributed by atoms with van der Waals surface area (Å²) in [5, 5.41) is 17.3. The predicted octanol–water partition coefficient (Wildman–Crippen LogP) is 2.41. The van der Waals surface area contributed by atoms with Crippen LogP contribution >= 0.6 is 0 Å². The van der Waals surface area contributed by atoms with Gasteiger partial charge in [0.15, 0.2) is 5.96 Å². The Morgan fingerprint density at radius 1 is 1.20 bits per heavy atom. The van der Waals surface area contributed by atoms with E-state index in [1.165, 1.54) is 0 Å². The Balaban J connectivity index is 1.97. The van der Waals surface area contributed by atoms with Crippen LogP contribution < -0.4 is 20.1 Å². The van der Waals surface area contributed by atoms with E-state index >= 15 is 0 Å². The normalized spacial score (nSPS) is 20.2. The van der Waals surface area contributed by atoms with Gasteiger partial charge in [-0.25, -0.2) is 0 Å². The number of aliphatic imine (C=N–C) groups is 1. The van der Waals surface area contributed by atoms with Gasteiger partial charge in [-0.05, 0) is 57.7 Å². The summed E-state index contributed by atoms with van der Waals surface area (Å²) in [6, 6.07) is 5.55. The van der Waals surface area contributed by atoms with Crippen molar-refractivity contribution in [2.24, 2.45) is 10.9 Å². The highest BCUT2D eigenvalue weighted by molar-refractivity contribution is 5.80. The lowest BCUT2D eigenvalue weighted by Crippen LogP contribution is -2.45.